The molecule has 0 aliphatic carbocycles. The predicted octanol–water partition coefficient (Wildman–Crippen LogP) is 3.28. The minimum atomic E-state index is -0.184. The number of thiophene rings is 1. The van der Waals surface area contributed by atoms with Crippen molar-refractivity contribution >= 4 is 39.0 Å². The van der Waals surface area contributed by atoms with E-state index in [4.69, 9.17) is 15.5 Å². The van der Waals surface area contributed by atoms with Crippen molar-refractivity contribution in [2.45, 2.75) is 58.2 Å². The fourth-order valence-corrected chi connectivity index (χ4v) is 5.92. The Balaban J connectivity index is 1.27. The predicted molar refractivity (Wildman–Crippen MR) is 137 cm³/mol. The molecule has 3 aromatic rings. The Hall–Kier alpha value is -2.91. The van der Waals surface area contributed by atoms with Crippen molar-refractivity contribution in [2.75, 3.05) is 30.3 Å². The summed E-state index contributed by atoms with van der Waals surface area (Å²) < 4.78 is 6.08. The van der Waals surface area contributed by atoms with Gasteiger partial charge in [0.15, 0.2) is 0 Å². The van der Waals surface area contributed by atoms with Gasteiger partial charge in [0.2, 0.25) is 0 Å². The second kappa shape index (κ2) is 9.38. The van der Waals surface area contributed by atoms with Gasteiger partial charge >= 0.3 is 0 Å². The second-order valence-corrected chi connectivity index (χ2v) is 10.3. The van der Waals surface area contributed by atoms with Crippen LogP contribution in [0.15, 0.2) is 24.4 Å². The van der Waals surface area contributed by atoms with E-state index in [-0.39, 0.29) is 11.9 Å². The van der Waals surface area contributed by atoms with E-state index in [1.54, 1.807) is 0 Å². The molecule has 34 heavy (non-hydrogen) atoms. The smallest absolute Gasteiger partial charge is 0.263 e. The van der Waals surface area contributed by atoms with Crippen LogP contribution in [0.25, 0.3) is 10.2 Å². The summed E-state index contributed by atoms with van der Waals surface area (Å²) >= 11 is 1.33. The van der Waals surface area contributed by atoms with Crippen LogP contribution in [0.3, 0.4) is 0 Å². The Morgan fingerprint density at radius 3 is 3.00 bits per heavy atom. The van der Waals surface area contributed by atoms with E-state index in [0.29, 0.717) is 35.7 Å². The number of piperidine rings is 1. The monoisotopic (exact) mass is 480 g/mol. The summed E-state index contributed by atoms with van der Waals surface area (Å²) in [5.41, 5.74) is 8.66. The van der Waals surface area contributed by atoms with Gasteiger partial charge in [0.25, 0.3) is 5.91 Å². The van der Waals surface area contributed by atoms with E-state index in [1.165, 1.54) is 17.8 Å². The minimum Gasteiger partial charge on any atom is -0.491 e. The molecule has 0 spiro atoms. The van der Waals surface area contributed by atoms with Gasteiger partial charge in [-0.15, -0.1) is 11.3 Å². The number of pyridine rings is 2. The topological polar surface area (TPSA) is 105 Å². The molecule has 0 saturated carbocycles. The summed E-state index contributed by atoms with van der Waals surface area (Å²) in [6, 6.07) is 6.75. The lowest BCUT2D eigenvalue weighted by Crippen LogP contribution is -2.49. The SMILES string of the molecule is CCN(c1cc2c(cn1)C[C@@H](NC(=O)c1sc3nc(C)ccc3c1N)CO2)C1CCC(C)NC1. The van der Waals surface area contributed by atoms with Crippen molar-refractivity contribution in [1.29, 1.82) is 0 Å². The molecule has 3 aromatic heterocycles. The van der Waals surface area contributed by atoms with Crippen LogP contribution in [-0.4, -0.2) is 53.7 Å². The lowest BCUT2D eigenvalue weighted by atomic mass is 10.00. The molecule has 4 N–H and O–H groups in total. The van der Waals surface area contributed by atoms with Gasteiger partial charge in [0, 0.05) is 60.5 Å². The molecule has 8 nitrogen and oxygen atoms in total. The van der Waals surface area contributed by atoms with E-state index < -0.39 is 0 Å². The summed E-state index contributed by atoms with van der Waals surface area (Å²) in [4.78, 5) is 25.9. The third-order valence-corrected chi connectivity index (χ3v) is 7.93. The number of likely N-dealkylation sites (N-methyl/N-ethyl adjacent to an activating group) is 1. The van der Waals surface area contributed by atoms with Crippen LogP contribution in [0.2, 0.25) is 0 Å². The molecular weight excluding hydrogens is 448 g/mol. The van der Waals surface area contributed by atoms with E-state index >= 15 is 0 Å². The molecule has 1 amide bonds. The van der Waals surface area contributed by atoms with Gasteiger partial charge in [-0.1, -0.05) is 0 Å². The number of ether oxygens (including phenoxy) is 1. The number of fused-ring (bicyclic) bond motifs is 2. The Morgan fingerprint density at radius 1 is 1.38 bits per heavy atom. The van der Waals surface area contributed by atoms with Crippen LogP contribution in [0.1, 0.15) is 47.6 Å². The number of carbonyl (C=O) groups is 1. The molecule has 5 rings (SSSR count). The number of anilines is 2. The number of hydrogen-bond acceptors (Lipinski definition) is 8. The second-order valence-electron chi connectivity index (χ2n) is 9.31. The number of nitrogens with one attached hydrogen (secondary N) is 2. The van der Waals surface area contributed by atoms with Crippen LogP contribution in [0, 0.1) is 6.92 Å². The summed E-state index contributed by atoms with van der Waals surface area (Å²) in [7, 11) is 0. The van der Waals surface area contributed by atoms with E-state index in [1.807, 2.05) is 31.3 Å². The van der Waals surface area contributed by atoms with Gasteiger partial charge in [-0.25, -0.2) is 9.97 Å². The number of carbonyl (C=O) groups excluding carboxylic acids is 1. The van der Waals surface area contributed by atoms with E-state index in [2.05, 4.69) is 34.4 Å². The fourth-order valence-electron chi connectivity index (χ4n) is 4.87. The average Bonchev–Trinajstić information content (AvgIpc) is 3.16. The average molecular weight is 481 g/mol. The third kappa shape index (κ3) is 4.42. The molecule has 1 fully saturated rings. The number of aryl methyl sites for hydroxylation is 1. The van der Waals surface area contributed by atoms with Crippen molar-refractivity contribution in [3.05, 3.63) is 40.5 Å². The highest BCUT2D eigenvalue weighted by molar-refractivity contribution is 7.21. The van der Waals surface area contributed by atoms with Gasteiger partial charge in [0.1, 0.15) is 27.9 Å². The first-order valence-electron chi connectivity index (χ1n) is 12.0. The first-order chi connectivity index (χ1) is 16.4. The van der Waals surface area contributed by atoms with Crippen LogP contribution in [-0.2, 0) is 6.42 Å². The number of nitrogens with zero attached hydrogens (tertiary/aromatic N) is 3. The highest BCUT2D eigenvalue weighted by Gasteiger charge is 2.28. The van der Waals surface area contributed by atoms with E-state index in [9.17, 15) is 4.79 Å². The first kappa shape index (κ1) is 22.9. The zero-order chi connectivity index (χ0) is 23.8. The van der Waals surface area contributed by atoms with Gasteiger partial charge < -0.3 is 26.0 Å². The van der Waals surface area contributed by atoms with Crippen molar-refractivity contribution < 1.29 is 9.53 Å². The van der Waals surface area contributed by atoms with Gasteiger partial charge in [-0.05, 0) is 45.7 Å². The number of nitrogen functional groups attached to an aromatic ring is 1. The zero-order valence-electron chi connectivity index (χ0n) is 19.9. The molecule has 0 radical (unpaired) electrons. The van der Waals surface area contributed by atoms with Gasteiger partial charge in [-0.2, -0.15) is 0 Å². The molecule has 180 valence electrons. The number of amides is 1. The number of rotatable bonds is 5. The van der Waals surface area contributed by atoms with Crippen molar-refractivity contribution in [3.63, 3.8) is 0 Å². The lowest BCUT2D eigenvalue weighted by molar-refractivity contribution is 0.0920. The quantitative estimate of drug-likeness (QED) is 0.515. The van der Waals surface area contributed by atoms with Crippen LogP contribution >= 0.6 is 11.3 Å². The molecule has 2 unspecified atom stereocenters. The molecule has 0 bridgehead atoms. The molecular formula is C25H32N6O2S. The van der Waals surface area contributed by atoms with Crippen LogP contribution in [0.4, 0.5) is 11.5 Å². The number of nitrogens with two attached hydrogens (primary N) is 1. The van der Waals surface area contributed by atoms with Crippen LogP contribution < -0.4 is 26.0 Å². The summed E-state index contributed by atoms with van der Waals surface area (Å²) in [6.45, 7) is 8.62. The normalized spacial score (nSPS) is 22.1. The molecule has 1 saturated heterocycles. The summed E-state index contributed by atoms with van der Waals surface area (Å²) in [5, 5.41) is 7.49. The minimum absolute atomic E-state index is 0.140. The zero-order valence-corrected chi connectivity index (χ0v) is 20.7. The Kier molecular flexibility index (Phi) is 6.31. The van der Waals surface area contributed by atoms with Crippen molar-refractivity contribution in [3.8, 4) is 5.75 Å². The molecule has 2 aliphatic heterocycles. The highest BCUT2D eigenvalue weighted by Crippen LogP contribution is 2.33. The fraction of sp³-hybridized carbons (Fsp3) is 0.480. The lowest BCUT2D eigenvalue weighted by Gasteiger charge is -2.37. The van der Waals surface area contributed by atoms with Crippen LogP contribution in [0.5, 0.6) is 5.75 Å². The van der Waals surface area contributed by atoms with Crippen molar-refractivity contribution in [1.82, 2.24) is 20.6 Å². The molecule has 2 aliphatic rings. The molecule has 9 heteroatoms. The Labute approximate surface area is 203 Å². The summed E-state index contributed by atoms with van der Waals surface area (Å²) in [5.74, 6) is 1.62. The summed E-state index contributed by atoms with van der Waals surface area (Å²) in [6.07, 6.45) is 4.89. The van der Waals surface area contributed by atoms with Crippen molar-refractivity contribution in [2.24, 2.45) is 0 Å². The maximum absolute atomic E-state index is 13.0. The van der Waals surface area contributed by atoms with Gasteiger partial charge in [0.05, 0.1) is 11.7 Å². The highest BCUT2D eigenvalue weighted by atomic mass is 32.1. The largest absolute Gasteiger partial charge is 0.491 e. The molecule has 5 heterocycles. The Morgan fingerprint density at radius 2 is 2.24 bits per heavy atom. The van der Waals surface area contributed by atoms with Gasteiger partial charge in [-0.3, -0.25) is 4.79 Å². The maximum Gasteiger partial charge on any atom is 0.263 e. The standard InChI is InChI=1S/C25H32N6O2S/c1-4-31(18-7-5-14(2)27-12-18)21-10-20-16(11-28-21)9-17(13-33-20)30-24(32)23-22(26)19-8-6-15(3)29-25(19)34-23/h6,8,10-11,14,17-18,27H,4-5,7,9,12-13,26H2,1-3H3,(H,30,32)/t14?,17-,18?/m1/s1. The molecule has 3 atom stereocenters. The number of aromatic nitrogens is 2. The maximum atomic E-state index is 13.0. The van der Waals surface area contributed by atoms with E-state index in [0.717, 1.165) is 52.6 Å². The molecule has 0 aromatic carbocycles. The first-order valence-corrected chi connectivity index (χ1v) is 12.8. The number of hydrogen-bond donors (Lipinski definition) is 3. The third-order valence-electron chi connectivity index (χ3n) is 6.82. The Bertz CT molecular complexity index is 1200.